The molecule has 2 aromatic rings. The maximum Gasteiger partial charge on any atom is 0.275 e. The van der Waals surface area contributed by atoms with Crippen molar-refractivity contribution in [3.05, 3.63) is 28.0 Å². The molecule has 3 rings (SSSR count). The fraction of sp³-hybridized carbons (Fsp3) is 0.357. The third kappa shape index (κ3) is 2.27. The van der Waals surface area contributed by atoms with Crippen LogP contribution in [-0.4, -0.2) is 35.6 Å². The highest BCUT2D eigenvalue weighted by molar-refractivity contribution is 5.96. The monoisotopic (exact) mass is 304 g/mol. The van der Waals surface area contributed by atoms with Crippen LogP contribution in [0.4, 0.5) is 0 Å². The lowest BCUT2D eigenvalue weighted by Crippen LogP contribution is -2.34. The van der Waals surface area contributed by atoms with Crippen molar-refractivity contribution in [3.63, 3.8) is 0 Å². The first-order valence-electron chi connectivity index (χ1n) is 6.98. The number of hydrogen-bond acceptors (Lipinski definition) is 6. The normalized spacial score (nSPS) is 12.6. The first-order chi connectivity index (χ1) is 10.7. The van der Waals surface area contributed by atoms with Crippen molar-refractivity contribution in [3.8, 4) is 11.5 Å². The Balaban J connectivity index is 2.19. The van der Waals surface area contributed by atoms with Crippen LogP contribution in [0.15, 0.2) is 16.9 Å². The Labute approximate surface area is 125 Å². The maximum absolute atomic E-state index is 12.5. The lowest BCUT2D eigenvalue weighted by atomic mass is 10.1. The number of benzene rings is 1. The first-order valence-corrected chi connectivity index (χ1v) is 6.98. The first kappa shape index (κ1) is 14.3. The Morgan fingerprint density at radius 2 is 2.14 bits per heavy atom. The lowest BCUT2D eigenvalue weighted by molar-refractivity contribution is 0.0946. The van der Waals surface area contributed by atoms with Gasteiger partial charge >= 0.3 is 0 Å². The quantitative estimate of drug-likeness (QED) is 0.812. The summed E-state index contributed by atoms with van der Waals surface area (Å²) in [6, 6.07) is 3.30. The summed E-state index contributed by atoms with van der Waals surface area (Å²) in [5.41, 5.74) is 5.37. The zero-order chi connectivity index (χ0) is 15.7. The minimum Gasteiger partial charge on any atom is -0.454 e. The summed E-state index contributed by atoms with van der Waals surface area (Å²) in [6.45, 7) is 3.07. The molecular weight excluding hydrogens is 288 g/mol. The van der Waals surface area contributed by atoms with Gasteiger partial charge in [0.05, 0.1) is 10.9 Å². The molecular formula is C14H16N4O4. The van der Waals surface area contributed by atoms with E-state index in [-0.39, 0.29) is 19.0 Å². The molecule has 3 N–H and O–H groups in total. The van der Waals surface area contributed by atoms with E-state index in [4.69, 9.17) is 15.2 Å². The van der Waals surface area contributed by atoms with E-state index in [1.165, 1.54) is 0 Å². The Hall–Kier alpha value is -2.61. The summed E-state index contributed by atoms with van der Waals surface area (Å²) >= 11 is 0. The van der Waals surface area contributed by atoms with E-state index >= 15 is 0 Å². The fourth-order valence-electron chi connectivity index (χ4n) is 2.33. The number of ether oxygens (including phenoxy) is 2. The van der Waals surface area contributed by atoms with Gasteiger partial charge in [-0.2, -0.15) is 5.10 Å². The number of carbonyl (C=O) groups excluding carboxylic acids is 1. The molecule has 22 heavy (non-hydrogen) atoms. The number of aromatic nitrogens is 2. The fourth-order valence-corrected chi connectivity index (χ4v) is 2.33. The van der Waals surface area contributed by atoms with Crippen molar-refractivity contribution in [1.82, 2.24) is 15.1 Å². The van der Waals surface area contributed by atoms with Crippen molar-refractivity contribution in [1.29, 1.82) is 0 Å². The van der Waals surface area contributed by atoms with Gasteiger partial charge in [-0.25, -0.2) is 0 Å². The molecule has 0 atom stereocenters. The van der Waals surface area contributed by atoms with Gasteiger partial charge in [0.2, 0.25) is 12.2 Å². The van der Waals surface area contributed by atoms with Crippen LogP contribution in [0.25, 0.3) is 10.9 Å². The largest absolute Gasteiger partial charge is 0.454 e. The molecule has 1 aromatic carbocycles. The maximum atomic E-state index is 12.5. The van der Waals surface area contributed by atoms with Crippen LogP contribution >= 0.6 is 0 Å². The van der Waals surface area contributed by atoms with Crippen LogP contribution in [0, 0.1) is 0 Å². The van der Waals surface area contributed by atoms with Crippen molar-refractivity contribution in [2.45, 2.75) is 13.5 Å². The van der Waals surface area contributed by atoms with Gasteiger partial charge in [0.25, 0.3) is 5.91 Å². The van der Waals surface area contributed by atoms with Crippen LogP contribution in [0.5, 0.6) is 11.5 Å². The van der Waals surface area contributed by atoms with Gasteiger partial charge in [-0.05, 0) is 13.0 Å². The average Bonchev–Trinajstić information content (AvgIpc) is 2.99. The highest BCUT2D eigenvalue weighted by atomic mass is 16.7. The second-order valence-corrected chi connectivity index (χ2v) is 4.76. The molecule has 1 aliphatic heterocycles. The van der Waals surface area contributed by atoms with Crippen molar-refractivity contribution < 1.29 is 14.3 Å². The molecule has 0 unspecified atom stereocenters. The van der Waals surface area contributed by atoms with Gasteiger partial charge in [-0.1, -0.05) is 0 Å². The molecule has 1 amide bonds. The Morgan fingerprint density at radius 3 is 2.82 bits per heavy atom. The van der Waals surface area contributed by atoms with E-state index in [1.807, 2.05) is 6.92 Å². The van der Waals surface area contributed by atoms with E-state index in [0.29, 0.717) is 35.5 Å². The van der Waals surface area contributed by atoms with Crippen LogP contribution in [0.3, 0.4) is 0 Å². The van der Waals surface area contributed by atoms with Gasteiger partial charge in [0, 0.05) is 25.7 Å². The molecule has 1 aromatic heterocycles. The van der Waals surface area contributed by atoms with Crippen molar-refractivity contribution >= 4 is 16.8 Å². The zero-order valence-electron chi connectivity index (χ0n) is 12.1. The molecule has 116 valence electrons. The average molecular weight is 304 g/mol. The number of nitrogens with two attached hydrogens (primary N) is 1. The summed E-state index contributed by atoms with van der Waals surface area (Å²) in [5, 5.41) is 7.09. The Kier molecular flexibility index (Phi) is 3.68. The van der Waals surface area contributed by atoms with E-state index in [9.17, 15) is 9.59 Å². The number of rotatable bonds is 4. The van der Waals surface area contributed by atoms with E-state index in [0.717, 1.165) is 0 Å². The zero-order valence-corrected chi connectivity index (χ0v) is 12.1. The van der Waals surface area contributed by atoms with E-state index in [2.05, 4.69) is 10.4 Å². The molecule has 0 radical (unpaired) electrons. The van der Waals surface area contributed by atoms with Crippen LogP contribution < -0.4 is 26.0 Å². The number of carbonyl (C=O) groups is 1. The number of fused-ring (bicyclic) bond motifs is 2. The van der Waals surface area contributed by atoms with Crippen LogP contribution in [0.2, 0.25) is 0 Å². The van der Waals surface area contributed by atoms with Gasteiger partial charge in [-0.3, -0.25) is 14.3 Å². The van der Waals surface area contributed by atoms with E-state index in [1.54, 1.807) is 16.8 Å². The predicted molar refractivity (Wildman–Crippen MR) is 79.2 cm³/mol. The lowest BCUT2D eigenvalue weighted by Gasteiger charge is -2.11. The molecule has 0 bridgehead atoms. The molecule has 1 aliphatic rings. The van der Waals surface area contributed by atoms with Gasteiger partial charge < -0.3 is 20.5 Å². The summed E-state index contributed by atoms with van der Waals surface area (Å²) in [6.07, 6.45) is 0. The predicted octanol–water partition coefficient (Wildman–Crippen LogP) is -0.166. The molecule has 0 fully saturated rings. The third-order valence-electron chi connectivity index (χ3n) is 3.39. The van der Waals surface area contributed by atoms with Crippen LogP contribution in [-0.2, 0) is 6.54 Å². The molecule has 0 saturated heterocycles. The number of aryl methyl sites for hydroxylation is 1. The Bertz CT molecular complexity index is 800. The highest BCUT2D eigenvalue weighted by Crippen LogP contribution is 2.34. The molecule has 0 saturated carbocycles. The molecule has 2 heterocycles. The third-order valence-corrected chi connectivity index (χ3v) is 3.39. The summed E-state index contributed by atoms with van der Waals surface area (Å²) in [5.74, 6) is 0.528. The minimum atomic E-state index is -0.530. The number of amides is 1. The highest BCUT2D eigenvalue weighted by Gasteiger charge is 2.21. The van der Waals surface area contributed by atoms with Crippen molar-refractivity contribution in [2.24, 2.45) is 5.73 Å². The van der Waals surface area contributed by atoms with Gasteiger partial charge in [0.1, 0.15) is 0 Å². The number of nitrogens with one attached hydrogen (secondary N) is 1. The minimum absolute atomic E-state index is 0.114. The van der Waals surface area contributed by atoms with Crippen molar-refractivity contribution in [2.75, 3.05) is 19.9 Å². The van der Waals surface area contributed by atoms with Crippen LogP contribution in [0.1, 0.15) is 17.4 Å². The molecule has 0 spiro atoms. The molecule has 8 nitrogen and oxygen atoms in total. The van der Waals surface area contributed by atoms with E-state index < -0.39 is 11.3 Å². The second-order valence-electron chi connectivity index (χ2n) is 4.76. The standard InChI is InChI=1S/C14H16N4O4/c1-2-18-9-6-11-10(21-7-22-11)5-8(9)13(19)12(17-18)14(20)16-4-3-15/h5-6H,2-4,7,15H2,1H3,(H,16,20). The topological polar surface area (TPSA) is 108 Å². The smallest absolute Gasteiger partial charge is 0.275 e. The SMILES string of the molecule is CCn1nc(C(=O)NCCN)c(=O)c2cc3c(cc21)OCO3. The number of nitrogens with zero attached hydrogens (tertiary/aromatic N) is 2. The summed E-state index contributed by atoms with van der Waals surface area (Å²) in [7, 11) is 0. The second kappa shape index (κ2) is 5.64. The molecule has 8 heteroatoms. The van der Waals surface area contributed by atoms with Gasteiger partial charge in [0.15, 0.2) is 17.2 Å². The summed E-state index contributed by atoms with van der Waals surface area (Å²) in [4.78, 5) is 24.6. The molecule has 0 aliphatic carbocycles. The summed E-state index contributed by atoms with van der Waals surface area (Å²) < 4.78 is 12.2. The van der Waals surface area contributed by atoms with Gasteiger partial charge in [-0.15, -0.1) is 0 Å². The number of hydrogen-bond donors (Lipinski definition) is 2. The Morgan fingerprint density at radius 1 is 1.41 bits per heavy atom.